The van der Waals surface area contributed by atoms with E-state index in [1.165, 1.54) is 0 Å². The molecule has 0 aliphatic carbocycles. The summed E-state index contributed by atoms with van der Waals surface area (Å²) in [6.45, 7) is 0.962. The van der Waals surface area contributed by atoms with Gasteiger partial charge in [0.15, 0.2) is 0 Å². The van der Waals surface area contributed by atoms with Crippen molar-refractivity contribution in [3.8, 4) is 5.40 Å². The van der Waals surface area contributed by atoms with Gasteiger partial charge in [0.2, 0.25) is 0 Å². The third-order valence-electron chi connectivity index (χ3n) is 0.745. The quantitative estimate of drug-likeness (QED) is 0.506. The van der Waals surface area contributed by atoms with Gasteiger partial charge in [0.05, 0.1) is 0 Å². The van der Waals surface area contributed by atoms with Crippen LogP contribution >= 0.6 is 11.8 Å². The Hall–Kier alpha value is -0.240. The van der Waals surface area contributed by atoms with Crippen LogP contribution in [0.3, 0.4) is 0 Å². The number of hydrogen-bond acceptors (Lipinski definition) is 4. The van der Waals surface area contributed by atoms with E-state index in [1.54, 1.807) is 0 Å². The van der Waals surface area contributed by atoms with E-state index in [1.807, 2.05) is 5.40 Å². The topological polar surface area (TPSA) is 75.8 Å². The molecule has 0 saturated heterocycles. The summed E-state index contributed by atoms with van der Waals surface area (Å²) in [7, 11) is 0. The Morgan fingerprint density at radius 3 is 2.12 bits per heavy atom. The van der Waals surface area contributed by atoms with Crippen LogP contribution in [0.5, 0.6) is 0 Å². The number of rotatable bonds is 3. The molecule has 0 aliphatic rings. The highest BCUT2D eigenvalue weighted by molar-refractivity contribution is 8.04. The first kappa shape index (κ1) is 7.76. The van der Waals surface area contributed by atoms with Crippen molar-refractivity contribution >= 4 is 11.8 Å². The third kappa shape index (κ3) is 2.86. The molecular formula is C4H9N3S. The summed E-state index contributed by atoms with van der Waals surface area (Å²) in [5.74, 6) is 0. The zero-order valence-electron chi connectivity index (χ0n) is 4.50. The molecule has 0 rings (SSSR count). The van der Waals surface area contributed by atoms with Gasteiger partial charge >= 0.3 is 0 Å². The molecule has 4 N–H and O–H groups in total. The lowest BCUT2D eigenvalue weighted by molar-refractivity contribution is 0.867. The molecule has 8 heavy (non-hydrogen) atoms. The lowest BCUT2D eigenvalue weighted by Gasteiger charge is -2.02. The Kier molecular flexibility index (Phi) is 4.76. The van der Waals surface area contributed by atoms with Crippen LogP contribution in [0.25, 0.3) is 0 Å². The van der Waals surface area contributed by atoms with Crippen LogP contribution < -0.4 is 11.5 Å². The predicted octanol–water partition coefficient (Wildman–Crippen LogP) is -0.513. The van der Waals surface area contributed by atoms with Crippen molar-refractivity contribution in [1.29, 1.82) is 5.26 Å². The fraction of sp³-hybridized carbons (Fsp3) is 0.750. The number of nitrogens with zero attached hydrogens (tertiary/aromatic N) is 1. The molecule has 0 fully saturated rings. The van der Waals surface area contributed by atoms with Gasteiger partial charge in [-0.05, 0) is 11.8 Å². The molecule has 0 aliphatic heterocycles. The van der Waals surface area contributed by atoms with Crippen LogP contribution in [0.4, 0.5) is 0 Å². The van der Waals surface area contributed by atoms with Gasteiger partial charge < -0.3 is 11.5 Å². The lowest BCUT2D eigenvalue weighted by atomic mass is 10.4. The first-order valence-electron chi connectivity index (χ1n) is 2.30. The van der Waals surface area contributed by atoms with E-state index < -0.39 is 0 Å². The van der Waals surface area contributed by atoms with Crippen LogP contribution in [0.15, 0.2) is 0 Å². The zero-order valence-corrected chi connectivity index (χ0v) is 5.32. The minimum absolute atomic E-state index is 0.111. The Balaban J connectivity index is 3.25. The number of hydrogen-bond donors (Lipinski definition) is 2. The lowest BCUT2D eigenvalue weighted by Crippen LogP contribution is -2.25. The second kappa shape index (κ2) is 4.91. The van der Waals surface area contributed by atoms with Crippen molar-refractivity contribution in [2.24, 2.45) is 11.5 Å². The number of thioether (sulfide) groups is 1. The highest BCUT2D eigenvalue weighted by atomic mass is 32.2. The maximum absolute atomic E-state index is 8.10. The smallest absolute Gasteiger partial charge is 0.133 e. The largest absolute Gasteiger partial charge is 0.329 e. The van der Waals surface area contributed by atoms with E-state index in [2.05, 4.69) is 0 Å². The summed E-state index contributed by atoms with van der Waals surface area (Å²) < 4.78 is 0. The van der Waals surface area contributed by atoms with E-state index in [9.17, 15) is 0 Å². The highest BCUT2D eigenvalue weighted by Gasteiger charge is 2.01. The molecule has 0 radical (unpaired) electrons. The maximum Gasteiger partial charge on any atom is 0.133 e. The molecule has 0 heterocycles. The Morgan fingerprint density at radius 2 is 2.00 bits per heavy atom. The summed E-state index contributed by atoms with van der Waals surface area (Å²) in [4.78, 5) is 0. The van der Waals surface area contributed by atoms with Crippen LogP contribution in [-0.2, 0) is 0 Å². The summed E-state index contributed by atoms with van der Waals surface area (Å²) in [6.07, 6.45) is 0. The van der Waals surface area contributed by atoms with Gasteiger partial charge in [-0.1, -0.05) is 0 Å². The zero-order chi connectivity index (χ0) is 6.41. The van der Waals surface area contributed by atoms with Crippen molar-refractivity contribution in [3.63, 3.8) is 0 Å². The van der Waals surface area contributed by atoms with Crippen LogP contribution in [0.2, 0.25) is 0 Å². The molecule has 0 atom stereocenters. The Bertz CT molecular complexity index is 83.8. The average molecular weight is 131 g/mol. The van der Waals surface area contributed by atoms with Crippen LogP contribution in [0, 0.1) is 10.7 Å². The molecule has 0 aromatic carbocycles. The molecule has 0 aromatic heterocycles. The van der Waals surface area contributed by atoms with Crippen molar-refractivity contribution in [2.45, 2.75) is 5.25 Å². The van der Waals surface area contributed by atoms with Gasteiger partial charge in [0.25, 0.3) is 0 Å². The van der Waals surface area contributed by atoms with Crippen LogP contribution in [-0.4, -0.2) is 18.3 Å². The molecular weight excluding hydrogens is 122 g/mol. The Labute approximate surface area is 53.0 Å². The molecule has 0 aromatic rings. The van der Waals surface area contributed by atoms with E-state index in [0.29, 0.717) is 13.1 Å². The number of thiocyanates is 1. The standard InChI is InChI=1S/C4H9N3S/c5-1-4(2-6)8-3-7/h4H,1-2,5-6H2. The molecule has 0 spiro atoms. The second-order valence-corrected chi connectivity index (χ2v) is 2.39. The second-order valence-electron chi connectivity index (χ2n) is 1.30. The van der Waals surface area contributed by atoms with Crippen molar-refractivity contribution < 1.29 is 0 Å². The summed E-state index contributed by atoms with van der Waals surface area (Å²) in [6, 6.07) is 0. The molecule has 0 bridgehead atoms. The molecule has 46 valence electrons. The predicted molar refractivity (Wildman–Crippen MR) is 35.1 cm³/mol. The van der Waals surface area contributed by atoms with E-state index in [-0.39, 0.29) is 5.25 Å². The molecule has 4 heteroatoms. The summed E-state index contributed by atoms with van der Waals surface area (Å²) in [5.41, 5.74) is 10.4. The minimum atomic E-state index is 0.111. The molecule has 0 amide bonds. The van der Waals surface area contributed by atoms with Gasteiger partial charge in [0.1, 0.15) is 5.40 Å². The Morgan fingerprint density at radius 1 is 1.50 bits per heavy atom. The fourth-order valence-corrected chi connectivity index (χ4v) is 0.609. The van der Waals surface area contributed by atoms with Gasteiger partial charge in [-0.25, -0.2) is 0 Å². The summed E-state index contributed by atoms with van der Waals surface area (Å²) >= 11 is 1.13. The first-order chi connectivity index (χ1) is 3.85. The maximum atomic E-state index is 8.10. The molecule has 3 nitrogen and oxygen atoms in total. The normalized spacial score (nSPS) is 9.25. The monoisotopic (exact) mass is 131 g/mol. The van der Waals surface area contributed by atoms with Crippen molar-refractivity contribution in [2.75, 3.05) is 13.1 Å². The number of nitrogens with two attached hydrogens (primary N) is 2. The third-order valence-corrected chi connectivity index (χ3v) is 1.57. The fourth-order valence-electron chi connectivity index (χ4n) is 0.267. The van der Waals surface area contributed by atoms with E-state index >= 15 is 0 Å². The minimum Gasteiger partial charge on any atom is -0.329 e. The highest BCUT2D eigenvalue weighted by Crippen LogP contribution is 2.03. The van der Waals surface area contributed by atoms with Crippen LogP contribution in [0.1, 0.15) is 0 Å². The molecule has 0 unspecified atom stereocenters. The SMILES string of the molecule is N#CSC(CN)CN. The first-order valence-corrected chi connectivity index (χ1v) is 3.18. The number of nitriles is 1. The molecule has 0 saturated carbocycles. The van der Waals surface area contributed by atoms with Gasteiger partial charge in [-0.15, -0.1) is 0 Å². The average Bonchev–Trinajstić information content (AvgIpc) is 1.83. The van der Waals surface area contributed by atoms with Gasteiger partial charge in [-0.3, -0.25) is 0 Å². The van der Waals surface area contributed by atoms with E-state index in [4.69, 9.17) is 16.7 Å². The van der Waals surface area contributed by atoms with Gasteiger partial charge in [-0.2, -0.15) is 5.26 Å². The van der Waals surface area contributed by atoms with E-state index in [0.717, 1.165) is 11.8 Å². The van der Waals surface area contributed by atoms with Crippen molar-refractivity contribution in [1.82, 2.24) is 0 Å². The van der Waals surface area contributed by atoms with Crippen molar-refractivity contribution in [3.05, 3.63) is 0 Å². The summed E-state index contributed by atoms with van der Waals surface area (Å²) in [5, 5.41) is 10.1. The van der Waals surface area contributed by atoms with Gasteiger partial charge in [0, 0.05) is 18.3 Å².